The average molecular weight is 961 g/mol. The minimum absolute atomic E-state index is 0.105. The van der Waals surface area contributed by atoms with Crippen LogP contribution in [0.25, 0.3) is 0 Å². The molecule has 0 saturated carbocycles. The van der Waals surface area contributed by atoms with E-state index in [0.717, 1.165) is 22.3 Å². The normalized spacial score (nSPS) is 14.2. The molecule has 5 aromatic rings. The Morgan fingerprint density at radius 2 is 0.957 bits per heavy atom. The molecule has 0 aliphatic carbocycles. The Kier molecular flexibility index (Phi) is 20.4. The highest BCUT2D eigenvalue weighted by Crippen LogP contribution is 2.34. The fourth-order valence-electron chi connectivity index (χ4n) is 7.63. The zero-order valence-corrected chi connectivity index (χ0v) is 40.6. The number of nitrogens with two attached hydrogens (primary N) is 1. The Morgan fingerprint density at radius 3 is 1.32 bits per heavy atom. The Labute approximate surface area is 402 Å². The van der Waals surface area contributed by atoms with Gasteiger partial charge in [-0.15, -0.1) is 0 Å². The maximum Gasteiger partial charge on any atom is 0.322 e. The van der Waals surface area contributed by atoms with E-state index in [-0.39, 0.29) is 71.9 Å². The average Bonchev–Trinajstić information content (AvgIpc) is 3.30. The number of benzene rings is 4. The maximum absolute atomic E-state index is 13.5. The van der Waals surface area contributed by atoms with Crippen LogP contribution in [-0.4, -0.2) is 64.4 Å². The van der Waals surface area contributed by atoms with Crippen molar-refractivity contribution >= 4 is 17.7 Å². The molecule has 0 amide bonds. The molecular formula is C54H64F4N2O9. The lowest BCUT2D eigenvalue weighted by Crippen LogP contribution is -2.45. The molecule has 3 N–H and O–H groups in total. The molecule has 5 rings (SSSR count). The van der Waals surface area contributed by atoms with Crippen LogP contribution in [0, 0.1) is 41.0 Å². The third-order valence-electron chi connectivity index (χ3n) is 11.9. The van der Waals surface area contributed by atoms with Gasteiger partial charge < -0.3 is 34.5 Å². The highest BCUT2D eigenvalue weighted by Gasteiger charge is 2.39. The molecule has 1 heterocycles. The van der Waals surface area contributed by atoms with Gasteiger partial charge in [-0.25, -0.2) is 22.5 Å². The Hall–Kier alpha value is -6.16. The van der Waals surface area contributed by atoms with Crippen LogP contribution >= 0.6 is 0 Å². The first-order valence-corrected chi connectivity index (χ1v) is 22.7. The van der Waals surface area contributed by atoms with Crippen molar-refractivity contribution in [3.05, 3.63) is 161 Å². The standard InChI is InChI=1S/C31H35F2NO6.C23H29F2NO3/c1-19(16-26(35)28-29(36)27(38-5)14-15-34-28)30(37)40-20(2)25(17-21-6-10-23(32)11-7-21)31(3,4)39-18-22-8-12-24(33)13-9-22;1-15(26)22(27)29-16(2)21(13-17-5-9-19(24)10-6-17)23(3,4)28-14-18-7-11-20(25)12-8-18/h6-15,19-20,25,36H,16-18H2,1-5H3;5-12,15-16,21H,13-14,26H2,1-4H3/t19-,20+,25+;15-,16-,21-/m10/s1. The first kappa shape index (κ1) is 55.4. The highest BCUT2D eigenvalue weighted by atomic mass is 19.1. The quantitative estimate of drug-likeness (QED) is 0.0387. The van der Waals surface area contributed by atoms with E-state index in [9.17, 15) is 37.1 Å². The largest absolute Gasteiger partial charge is 0.503 e. The molecule has 0 radical (unpaired) electrons. The van der Waals surface area contributed by atoms with E-state index >= 15 is 0 Å². The predicted octanol–water partition coefficient (Wildman–Crippen LogP) is 10.5. The molecule has 4 aromatic carbocycles. The molecule has 11 nitrogen and oxygen atoms in total. The van der Waals surface area contributed by atoms with E-state index in [0.29, 0.717) is 12.8 Å². The summed E-state index contributed by atoms with van der Waals surface area (Å²) in [5.41, 5.74) is 7.28. The lowest BCUT2D eigenvalue weighted by atomic mass is 9.81. The third-order valence-corrected chi connectivity index (χ3v) is 11.9. The van der Waals surface area contributed by atoms with Crippen molar-refractivity contribution in [3.63, 3.8) is 0 Å². The molecule has 0 unspecified atom stereocenters. The smallest absolute Gasteiger partial charge is 0.322 e. The highest BCUT2D eigenvalue weighted by molar-refractivity contribution is 5.99. The van der Waals surface area contributed by atoms with Crippen molar-refractivity contribution in [1.29, 1.82) is 0 Å². The molecule has 69 heavy (non-hydrogen) atoms. The van der Waals surface area contributed by atoms with Crippen LogP contribution in [0.1, 0.15) is 94.6 Å². The Morgan fingerprint density at radius 1 is 0.594 bits per heavy atom. The topological polar surface area (TPSA) is 156 Å². The number of nitrogens with zero attached hydrogens (tertiary/aromatic N) is 1. The molecule has 0 fully saturated rings. The SMILES string of the molecule is COc1ccnc(C(=O)C[C@@H](C)C(=O)O[C@@H](C)[C@H](Cc2ccc(F)cc2)C(C)(C)OCc2ccc(F)cc2)c1O.C[C@H](N)C(=O)O[C@@H](C)[C@H](Cc1ccc(F)cc1)C(C)(C)OCc1ccc(F)cc1. The van der Waals surface area contributed by atoms with Gasteiger partial charge in [0.2, 0.25) is 0 Å². The zero-order valence-electron chi connectivity index (χ0n) is 40.6. The molecule has 15 heteroatoms. The van der Waals surface area contributed by atoms with E-state index in [1.54, 1.807) is 76.2 Å². The summed E-state index contributed by atoms with van der Waals surface area (Å²) in [4.78, 5) is 41.8. The number of ketones is 1. The number of hydrogen-bond donors (Lipinski definition) is 2. The van der Waals surface area contributed by atoms with Crippen LogP contribution in [0.5, 0.6) is 11.5 Å². The summed E-state index contributed by atoms with van der Waals surface area (Å²) in [5.74, 6) is -4.63. The van der Waals surface area contributed by atoms with Crippen LogP contribution in [-0.2, 0) is 54.6 Å². The van der Waals surface area contributed by atoms with Crippen molar-refractivity contribution < 1.29 is 60.7 Å². The second kappa shape index (κ2) is 25.4. The van der Waals surface area contributed by atoms with Gasteiger partial charge in [0.1, 0.15) is 41.5 Å². The van der Waals surface area contributed by atoms with Crippen molar-refractivity contribution in [2.45, 2.75) is 117 Å². The van der Waals surface area contributed by atoms with Gasteiger partial charge in [-0.3, -0.25) is 14.4 Å². The molecule has 1 aromatic heterocycles. The fourth-order valence-corrected chi connectivity index (χ4v) is 7.63. The number of pyridine rings is 1. The molecular weight excluding hydrogens is 897 g/mol. The molecule has 0 saturated heterocycles. The number of esters is 2. The van der Waals surface area contributed by atoms with Gasteiger partial charge >= 0.3 is 11.9 Å². The fraction of sp³-hybridized carbons (Fsp3) is 0.407. The summed E-state index contributed by atoms with van der Waals surface area (Å²) in [5, 5.41) is 10.2. The molecule has 0 aliphatic heterocycles. The first-order chi connectivity index (χ1) is 32.5. The number of carbonyl (C=O) groups is 3. The van der Waals surface area contributed by atoms with Crippen LogP contribution < -0.4 is 10.5 Å². The van der Waals surface area contributed by atoms with Crippen molar-refractivity contribution in [1.82, 2.24) is 4.98 Å². The van der Waals surface area contributed by atoms with Gasteiger partial charge in [-0.05, 0) is 132 Å². The second-order valence-electron chi connectivity index (χ2n) is 18.2. The van der Waals surface area contributed by atoms with E-state index in [1.165, 1.54) is 67.9 Å². The lowest BCUT2D eigenvalue weighted by molar-refractivity contribution is -0.164. The first-order valence-electron chi connectivity index (χ1n) is 22.7. The van der Waals surface area contributed by atoms with Crippen LogP contribution in [0.15, 0.2) is 109 Å². The molecule has 0 bridgehead atoms. The number of carbonyl (C=O) groups excluding carboxylic acids is 3. The molecule has 0 aliphatic rings. The number of hydrogen-bond acceptors (Lipinski definition) is 11. The second-order valence-corrected chi connectivity index (χ2v) is 18.2. The predicted molar refractivity (Wildman–Crippen MR) is 253 cm³/mol. The zero-order chi connectivity index (χ0) is 51.1. The van der Waals surface area contributed by atoms with E-state index in [2.05, 4.69) is 4.98 Å². The Bertz CT molecular complexity index is 2410. The van der Waals surface area contributed by atoms with Gasteiger partial charge in [0.15, 0.2) is 23.0 Å². The van der Waals surface area contributed by atoms with Crippen LogP contribution in [0.3, 0.4) is 0 Å². The van der Waals surface area contributed by atoms with Crippen molar-refractivity contribution in [2.24, 2.45) is 23.5 Å². The lowest BCUT2D eigenvalue weighted by Gasteiger charge is -2.38. The molecule has 372 valence electrons. The van der Waals surface area contributed by atoms with Gasteiger partial charge in [-0.2, -0.15) is 0 Å². The summed E-state index contributed by atoms with van der Waals surface area (Å²) < 4.78 is 82.1. The summed E-state index contributed by atoms with van der Waals surface area (Å²) in [6, 6.07) is 25.1. The molecule has 6 atom stereocenters. The van der Waals surface area contributed by atoms with Gasteiger partial charge in [0, 0.05) is 30.5 Å². The van der Waals surface area contributed by atoms with E-state index < -0.39 is 53.1 Å². The third kappa shape index (κ3) is 17.1. The monoisotopic (exact) mass is 960 g/mol. The van der Waals surface area contributed by atoms with E-state index in [1.807, 2.05) is 27.7 Å². The summed E-state index contributed by atoms with van der Waals surface area (Å²) in [6.07, 6.45) is 0.907. The summed E-state index contributed by atoms with van der Waals surface area (Å²) in [6.45, 7) is 14.8. The molecule has 0 spiro atoms. The maximum atomic E-state index is 13.5. The number of aromatic nitrogens is 1. The number of ether oxygens (including phenoxy) is 5. The number of Topliss-reactive ketones (excluding diaryl/α,β-unsaturated/α-hetero) is 1. The number of halogens is 4. The van der Waals surface area contributed by atoms with Crippen molar-refractivity contribution in [2.75, 3.05) is 7.11 Å². The van der Waals surface area contributed by atoms with Gasteiger partial charge in [0.05, 0.1) is 37.4 Å². The van der Waals surface area contributed by atoms with Gasteiger partial charge in [-0.1, -0.05) is 55.5 Å². The van der Waals surface area contributed by atoms with Crippen LogP contribution in [0.4, 0.5) is 17.6 Å². The minimum Gasteiger partial charge on any atom is -0.503 e. The van der Waals surface area contributed by atoms with E-state index in [4.69, 9.17) is 29.4 Å². The number of aromatic hydroxyl groups is 1. The summed E-state index contributed by atoms with van der Waals surface area (Å²) >= 11 is 0. The van der Waals surface area contributed by atoms with Gasteiger partial charge in [0.25, 0.3) is 0 Å². The minimum atomic E-state index is -0.822. The summed E-state index contributed by atoms with van der Waals surface area (Å²) in [7, 11) is 1.36. The number of methoxy groups -OCH3 is 1. The number of rotatable bonds is 22. The Balaban J connectivity index is 0.000000317. The van der Waals surface area contributed by atoms with Crippen LogP contribution in [0.2, 0.25) is 0 Å². The van der Waals surface area contributed by atoms with Crippen molar-refractivity contribution in [3.8, 4) is 11.5 Å².